The Morgan fingerprint density at radius 1 is 1.32 bits per heavy atom. The molecule has 1 aromatic rings. The maximum atomic E-state index is 12.5. The maximum absolute atomic E-state index is 12.5. The fourth-order valence-electron chi connectivity index (χ4n) is 2.32. The lowest BCUT2D eigenvalue weighted by molar-refractivity contribution is -0.156. The smallest absolute Gasteiger partial charge is 0.331 e. The van der Waals surface area contributed by atoms with E-state index < -0.39 is 11.5 Å². The van der Waals surface area contributed by atoms with E-state index >= 15 is 0 Å². The first-order valence-corrected chi connectivity index (χ1v) is 7.24. The monoisotopic (exact) mass is 304 g/mol. The normalized spacial score (nSPS) is 14.1. The first kappa shape index (κ1) is 18.0. The molecule has 0 radical (unpaired) electrons. The summed E-state index contributed by atoms with van der Waals surface area (Å²) in [6, 6.07) is 6.69. The number of carbonyl (C=O) groups is 1. The van der Waals surface area contributed by atoms with Gasteiger partial charge in [0.05, 0.1) is 6.10 Å². The molecule has 1 unspecified atom stereocenters. The van der Waals surface area contributed by atoms with Crippen molar-refractivity contribution in [3.8, 4) is 0 Å². The molecule has 1 rings (SSSR count). The van der Waals surface area contributed by atoms with Crippen LogP contribution in [-0.4, -0.2) is 12.1 Å². The molecule has 6 heteroatoms. The molecule has 120 valence electrons. The fourth-order valence-corrected chi connectivity index (χ4v) is 2.32. The molecule has 0 saturated carbocycles. The lowest BCUT2D eigenvalue weighted by atomic mass is 9.76. The molecule has 0 heterocycles. The van der Waals surface area contributed by atoms with Crippen molar-refractivity contribution < 1.29 is 9.53 Å². The number of hydrogen-bond acceptors (Lipinski definition) is 4. The summed E-state index contributed by atoms with van der Waals surface area (Å²) in [5.41, 5.74) is 14.6. The summed E-state index contributed by atoms with van der Waals surface area (Å²) < 4.78 is 5.35. The van der Waals surface area contributed by atoms with Crippen LogP contribution in [0.4, 0.5) is 5.69 Å². The highest BCUT2D eigenvalue weighted by Gasteiger charge is 2.41. The molecule has 0 aliphatic carbocycles. The SMILES string of the molecule is CC(C)OC(=O)C(N)(CC(C)(C)C)c1ccc(N=[N+]=[N-])cc1. The summed E-state index contributed by atoms with van der Waals surface area (Å²) in [4.78, 5) is 15.3. The van der Waals surface area contributed by atoms with Gasteiger partial charge in [-0.25, -0.2) is 4.79 Å². The predicted octanol–water partition coefficient (Wildman–Crippen LogP) is 4.17. The van der Waals surface area contributed by atoms with Gasteiger partial charge in [0.15, 0.2) is 0 Å². The van der Waals surface area contributed by atoms with Crippen molar-refractivity contribution in [2.24, 2.45) is 16.3 Å². The van der Waals surface area contributed by atoms with Crippen LogP contribution >= 0.6 is 0 Å². The Balaban J connectivity index is 3.24. The highest BCUT2D eigenvalue weighted by molar-refractivity contribution is 5.82. The number of nitrogens with zero attached hydrogens (tertiary/aromatic N) is 3. The minimum Gasteiger partial charge on any atom is -0.461 e. The van der Waals surface area contributed by atoms with Gasteiger partial charge in [0.2, 0.25) is 0 Å². The summed E-state index contributed by atoms with van der Waals surface area (Å²) in [6.45, 7) is 9.64. The van der Waals surface area contributed by atoms with Gasteiger partial charge in [0.25, 0.3) is 0 Å². The number of ether oxygens (including phenoxy) is 1. The predicted molar refractivity (Wildman–Crippen MR) is 86.4 cm³/mol. The highest BCUT2D eigenvalue weighted by atomic mass is 16.5. The van der Waals surface area contributed by atoms with E-state index in [0.29, 0.717) is 17.7 Å². The number of azide groups is 1. The minimum absolute atomic E-state index is 0.159. The topological polar surface area (TPSA) is 101 Å². The van der Waals surface area contributed by atoms with Crippen LogP contribution in [-0.2, 0) is 15.1 Å². The summed E-state index contributed by atoms with van der Waals surface area (Å²) >= 11 is 0. The molecule has 0 amide bonds. The first-order valence-electron chi connectivity index (χ1n) is 7.24. The van der Waals surface area contributed by atoms with Gasteiger partial charge in [0.1, 0.15) is 5.54 Å². The first-order chi connectivity index (χ1) is 10.1. The van der Waals surface area contributed by atoms with Crippen molar-refractivity contribution in [2.45, 2.75) is 52.7 Å². The van der Waals surface area contributed by atoms with Crippen molar-refractivity contribution >= 4 is 11.7 Å². The third-order valence-corrected chi connectivity index (χ3v) is 3.06. The van der Waals surface area contributed by atoms with Gasteiger partial charge in [-0.05, 0) is 36.8 Å². The summed E-state index contributed by atoms with van der Waals surface area (Å²) in [5, 5.41) is 3.52. The average molecular weight is 304 g/mol. The van der Waals surface area contributed by atoms with Gasteiger partial charge < -0.3 is 10.5 Å². The van der Waals surface area contributed by atoms with E-state index in [1.165, 1.54) is 0 Å². The number of hydrogen-bond donors (Lipinski definition) is 1. The van der Waals surface area contributed by atoms with Gasteiger partial charge in [-0.1, -0.05) is 50.2 Å². The van der Waals surface area contributed by atoms with Crippen LogP contribution < -0.4 is 5.73 Å². The molecule has 0 bridgehead atoms. The molecule has 0 aromatic heterocycles. The summed E-state index contributed by atoms with van der Waals surface area (Å²) in [5.74, 6) is -0.450. The molecular weight excluding hydrogens is 280 g/mol. The standard InChI is InChI=1S/C16H24N4O2/c1-11(2)22-14(21)16(17,10-15(3,4)5)12-6-8-13(9-7-12)19-20-18/h6-9,11H,10,17H2,1-5H3. The second-order valence-corrected chi connectivity index (χ2v) is 6.90. The quantitative estimate of drug-likeness (QED) is 0.382. The van der Waals surface area contributed by atoms with Crippen molar-refractivity contribution in [1.29, 1.82) is 0 Å². The Hall–Kier alpha value is -2.04. The van der Waals surface area contributed by atoms with Crippen LogP contribution in [0.2, 0.25) is 0 Å². The molecule has 0 spiro atoms. The Labute approximate surface area is 131 Å². The molecule has 0 aliphatic heterocycles. The van der Waals surface area contributed by atoms with Crippen LogP contribution in [0.15, 0.2) is 29.4 Å². The third-order valence-electron chi connectivity index (χ3n) is 3.06. The number of benzene rings is 1. The average Bonchev–Trinajstić information content (AvgIpc) is 2.37. The van der Waals surface area contributed by atoms with E-state index in [1.807, 2.05) is 20.8 Å². The van der Waals surface area contributed by atoms with Gasteiger partial charge in [0, 0.05) is 10.6 Å². The lowest BCUT2D eigenvalue weighted by Crippen LogP contribution is -2.49. The molecule has 0 fully saturated rings. The highest BCUT2D eigenvalue weighted by Crippen LogP contribution is 2.35. The lowest BCUT2D eigenvalue weighted by Gasteiger charge is -2.34. The number of nitrogens with two attached hydrogens (primary N) is 1. The van der Waals surface area contributed by atoms with E-state index in [1.54, 1.807) is 38.1 Å². The van der Waals surface area contributed by atoms with Crippen molar-refractivity contribution in [3.05, 3.63) is 40.3 Å². The van der Waals surface area contributed by atoms with E-state index in [4.69, 9.17) is 16.0 Å². The molecule has 0 aliphatic rings. The van der Waals surface area contributed by atoms with Crippen molar-refractivity contribution in [1.82, 2.24) is 0 Å². The maximum Gasteiger partial charge on any atom is 0.331 e. The Morgan fingerprint density at radius 3 is 2.27 bits per heavy atom. The van der Waals surface area contributed by atoms with Crippen LogP contribution in [0.5, 0.6) is 0 Å². The van der Waals surface area contributed by atoms with E-state index in [9.17, 15) is 4.79 Å². The van der Waals surface area contributed by atoms with Gasteiger partial charge >= 0.3 is 5.97 Å². The fraction of sp³-hybridized carbons (Fsp3) is 0.562. The Kier molecular flexibility index (Phi) is 5.58. The van der Waals surface area contributed by atoms with Crippen molar-refractivity contribution in [3.63, 3.8) is 0 Å². The second kappa shape index (κ2) is 6.81. The van der Waals surface area contributed by atoms with Gasteiger partial charge in [-0.3, -0.25) is 0 Å². The zero-order chi connectivity index (χ0) is 17.0. The zero-order valence-corrected chi connectivity index (χ0v) is 13.8. The van der Waals surface area contributed by atoms with Crippen LogP contribution in [0.25, 0.3) is 10.4 Å². The molecule has 2 N–H and O–H groups in total. The molecule has 22 heavy (non-hydrogen) atoms. The third kappa shape index (κ3) is 4.76. The number of esters is 1. The molecular formula is C16H24N4O2. The Bertz CT molecular complexity index is 569. The van der Waals surface area contributed by atoms with Crippen molar-refractivity contribution in [2.75, 3.05) is 0 Å². The van der Waals surface area contributed by atoms with E-state index in [-0.39, 0.29) is 11.5 Å². The number of rotatable bonds is 5. The summed E-state index contributed by atoms with van der Waals surface area (Å²) in [7, 11) is 0. The zero-order valence-electron chi connectivity index (χ0n) is 13.8. The van der Waals surface area contributed by atoms with Gasteiger partial charge in [-0.2, -0.15) is 0 Å². The van der Waals surface area contributed by atoms with Gasteiger partial charge in [-0.15, -0.1) is 0 Å². The molecule has 1 aromatic carbocycles. The second-order valence-electron chi connectivity index (χ2n) is 6.90. The van der Waals surface area contributed by atoms with E-state index in [0.717, 1.165) is 0 Å². The van der Waals surface area contributed by atoms with E-state index in [2.05, 4.69) is 10.0 Å². The van der Waals surface area contributed by atoms with Crippen LogP contribution in [0, 0.1) is 5.41 Å². The summed E-state index contributed by atoms with van der Waals surface area (Å²) in [6.07, 6.45) is 0.199. The molecule has 0 saturated heterocycles. The van der Waals surface area contributed by atoms with Crippen LogP contribution in [0.3, 0.4) is 0 Å². The number of carbonyl (C=O) groups excluding carboxylic acids is 1. The molecule has 6 nitrogen and oxygen atoms in total. The minimum atomic E-state index is -1.24. The largest absolute Gasteiger partial charge is 0.461 e. The molecule has 1 atom stereocenters. The Morgan fingerprint density at radius 2 is 1.86 bits per heavy atom. The van der Waals surface area contributed by atoms with Crippen LogP contribution in [0.1, 0.15) is 46.6 Å².